The number of nitro groups is 2. The van der Waals surface area contributed by atoms with Gasteiger partial charge < -0.3 is 10.1 Å². The number of hydrogen-bond acceptors (Lipinski definition) is 7. The Morgan fingerprint density at radius 1 is 1.24 bits per heavy atom. The van der Waals surface area contributed by atoms with E-state index in [1.165, 1.54) is 24.6 Å². The lowest BCUT2D eigenvalue weighted by atomic mass is 10.2. The molecule has 1 amide bonds. The number of ether oxygens (including phenoxy) is 1. The molecule has 0 aliphatic carbocycles. The lowest BCUT2D eigenvalue weighted by Gasteiger charge is -2.10. The summed E-state index contributed by atoms with van der Waals surface area (Å²) in [7, 11) is 0. The number of alkyl halides is 2. The first-order valence-electron chi connectivity index (χ1n) is 8.27. The number of amides is 1. The van der Waals surface area contributed by atoms with Gasteiger partial charge in [-0.05, 0) is 13.8 Å². The van der Waals surface area contributed by atoms with Gasteiger partial charge in [0, 0.05) is 18.6 Å². The predicted octanol–water partition coefficient (Wildman–Crippen LogP) is 2.99. The van der Waals surface area contributed by atoms with Crippen molar-refractivity contribution in [2.45, 2.75) is 33.2 Å². The van der Waals surface area contributed by atoms with Crippen LogP contribution >= 0.6 is 0 Å². The summed E-state index contributed by atoms with van der Waals surface area (Å²) in [5.41, 5.74) is -0.0790. The van der Waals surface area contributed by atoms with Crippen molar-refractivity contribution in [1.82, 2.24) is 9.78 Å². The van der Waals surface area contributed by atoms with E-state index in [1.807, 2.05) is 0 Å². The summed E-state index contributed by atoms with van der Waals surface area (Å²) in [6, 6.07) is 3.20. The number of aromatic nitrogens is 2. The third-order valence-electron chi connectivity index (χ3n) is 3.84. The van der Waals surface area contributed by atoms with Crippen LogP contribution in [-0.4, -0.2) is 38.6 Å². The van der Waals surface area contributed by atoms with Gasteiger partial charge in [-0.2, -0.15) is 5.10 Å². The van der Waals surface area contributed by atoms with E-state index in [0.717, 1.165) is 12.1 Å². The van der Waals surface area contributed by atoms with Gasteiger partial charge in [-0.25, -0.2) is 8.78 Å². The molecule has 11 nitrogen and oxygen atoms in total. The summed E-state index contributed by atoms with van der Waals surface area (Å²) in [5.74, 6) is -0.746. The zero-order valence-electron chi connectivity index (χ0n) is 15.4. The minimum atomic E-state index is -2.77. The fourth-order valence-corrected chi connectivity index (χ4v) is 2.60. The van der Waals surface area contributed by atoms with E-state index in [-0.39, 0.29) is 35.8 Å². The predicted molar refractivity (Wildman–Crippen MR) is 96.2 cm³/mol. The summed E-state index contributed by atoms with van der Waals surface area (Å²) >= 11 is 0. The highest BCUT2D eigenvalue weighted by Gasteiger charge is 2.22. The van der Waals surface area contributed by atoms with Gasteiger partial charge in [0.1, 0.15) is 23.7 Å². The summed E-state index contributed by atoms with van der Waals surface area (Å²) in [4.78, 5) is 32.9. The van der Waals surface area contributed by atoms with Gasteiger partial charge in [0.2, 0.25) is 5.91 Å². The fraction of sp³-hybridized carbons (Fsp3) is 0.375. The van der Waals surface area contributed by atoms with E-state index in [9.17, 15) is 33.8 Å². The summed E-state index contributed by atoms with van der Waals surface area (Å²) in [6.07, 6.45) is -2.90. The highest BCUT2D eigenvalue weighted by atomic mass is 19.3. The van der Waals surface area contributed by atoms with Gasteiger partial charge in [-0.1, -0.05) is 0 Å². The number of non-ortho nitro benzene ring substituents is 1. The molecular weight excluding hydrogens is 396 g/mol. The van der Waals surface area contributed by atoms with Gasteiger partial charge in [-0.3, -0.25) is 29.7 Å². The average Bonchev–Trinajstić information content (AvgIpc) is 2.91. The number of carbonyl (C=O) groups is 1. The Kier molecular flexibility index (Phi) is 6.75. The second-order valence-corrected chi connectivity index (χ2v) is 5.97. The Bertz CT molecular complexity index is 946. The molecule has 0 unspecified atom stereocenters. The lowest BCUT2D eigenvalue weighted by molar-refractivity contribution is -0.386. The van der Waals surface area contributed by atoms with Crippen LogP contribution in [0, 0.1) is 34.1 Å². The third kappa shape index (κ3) is 5.67. The first kappa shape index (κ1) is 21.7. The van der Waals surface area contributed by atoms with Crippen molar-refractivity contribution in [3.8, 4) is 5.75 Å². The van der Waals surface area contributed by atoms with Crippen molar-refractivity contribution in [2.24, 2.45) is 0 Å². The molecule has 29 heavy (non-hydrogen) atoms. The standard InChI is InChI=1S/C16H17F2N5O6/c1-9-16(23(27)28)10(2)21(20-9)4-3-15(24)19-11-5-12(22(25)26)7-13(6-11)29-8-14(17)18/h5-7,14H,3-4,8H2,1-2H3,(H,19,24). The molecule has 2 aromatic rings. The van der Waals surface area contributed by atoms with Gasteiger partial charge in [-0.15, -0.1) is 0 Å². The Morgan fingerprint density at radius 2 is 1.93 bits per heavy atom. The van der Waals surface area contributed by atoms with Gasteiger partial charge in [0.05, 0.1) is 28.1 Å². The third-order valence-corrected chi connectivity index (χ3v) is 3.84. The average molecular weight is 413 g/mol. The second-order valence-electron chi connectivity index (χ2n) is 5.97. The van der Waals surface area contributed by atoms with Crippen LogP contribution in [0.2, 0.25) is 0 Å². The van der Waals surface area contributed by atoms with E-state index in [1.54, 1.807) is 0 Å². The molecule has 0 spiro atoms. The van der Waals surface area contributed by atoms with E-state index in [2.05, 4.69) is 10.4 Å². The number of carbonyl (C=O) groups excluding carboxylic acids is 1. The number of hydrogen-bond donors (Lipinski definition) is 1. The van der Waals surface area contributed by atoms with Crippen molar-refractivity contribution in [3.63, 3.8) is 0 Å². The van der Waals surface area contributed by atoms with Crippen molar-refractivity contribution in [2.75, 3.05) is 11.9 Å². The highest BCUT2D eigenvalue weighted by Crippen LogP contribution is 2.27. The normalized spacial score (nSPS) is 10.8. The number of nitrogens with one attached hydrogen (secondary N) is 1. The van der Waals surface area contributed by atoms with Crippen LogP contribution in [0.5, 0.6) is 5.75 Å². The van der Waals surface area contributed by atoms with Crippen LogP contribution in [0.15, 0.2) is 18.2 Å². The number of nitrogens with zero attached hydrogens (tertiary/aromatic N) is 4. The first-order chi connectivity index (χ1) is 13.6. The molecule has 0 fully saturated rings. The van der Waals surface area contributed by atoms with Crippen molar-refractivity contribution >= 4 is 23.0 Å². The van der Waals surface area contributed by atoms with Gasteiger partial charge in [0.25, 0.3) is 12.1 Å². The molecule has 0 aliphatic rings. The zero-order valence-corrected chi connectivity index (χ0v) is 15.4. The Hall–Kier alpha value is -3.64. The number of halogens is 2. The van der Waals surface area contributed by atoms with Crippen LogP contribution in [0.3, 0.4) is 0 Å². The molecule has 0 saturated carbocycles. The molecule has 1 heterocycles. The van der Waals surface area contributed by atoms with Crippen molar-refractivity contribution in [3.05, 3.63) is 49.8 Å². The van der Waals surface area contributed by atoms with Crippen molar-refractivity contribution in [1.29, 1.82) is 0 Å². The molecule has 0 aliphatic heterocycles. The first-order valence-corrected chi connectivity index (χ1v) is 8.27. The monoisotopic (exact) mass is 413 g/mol. The van der Waals surface area contributed by atoms with Gasteiger partial charge in [0.15, 0.2) is 0 Å². The number of benzene rings is 1. The number of nitro benzene ring substituents is 1. The topological polar surface area (TPSA) is 142 Å². The number of rotatable bonds is 9. The second kappa shape index (κ2) is 9.03. The molecule has 156 valence electrons. The summed E-state index contributed by atoms with van der Waals surface area (Å²) in [6.45, 7) is 2.07. The van der Waals surface area contributed by atoms with Crippen molar-refractivity contribution < 1.29 is 28.2 Å². The number of anilines is 1. The molecule has 1 N–H and O–H groups in total. The molecular formula is C16H17F2N5O6. The largest absolute Gasteiger partial charge is 0.487 e. The van der Waals surface area contributed by atoms with Crippen LogP contribution in [0.4, 0.5) is 25.8 Å². The molecule has 0 saturated heterocycles. The molecule has 13 heteroatoms. The van der Waals surface area contributed by atoms with Crippen LogP contribution in [-0.2, 0) is 11.3 Å². The minimum absolute atomic E-state index is 0.00665. The minimum Gasteiger partial charge on any atom is -0.487 e. The molecule has 2 rings (SSSR count). The summed E-state index contributed by atoms with van der Waals surface area (Å²) in [5, 5.41) is 28.4. The quantitative estimate of drug-likeness (QED) is 0.492. The van der Waals surface area contributed by atoms with E-state index in [4.69, 9.17) is 4.74 Å². The zero-order chi connectivity index (χ0) is 21.7. The molecule has 1 aromatic heterocycles. The maximum atomic E-state index is 12.3. The Morgan fingerprint density at radius 3 is 2.48 bits per heavy atom. The van der Waals surface area contributed by atoms with E-state index < -0.39 is 34.5 Å². The maximum Gasteiger partial charge on any atom is 0.312 e. The van der Waals surface area contributed by atoms with Crippen LogP contribution < -0.4 is 10.1 Å². The number of aryl methyl sites for hydroxylation is 2. The molecule has 0 bridgehead atoms. The summed E-state index contributed by atoms with van der Waals surface area (Å²) < 4.78 is 30.7. The Labute approximate surface area is 162 Å². The van der Waals surface area contributed by atoms with Gasteiger partial charge >= 0.3 is 5.69 Å². The van der Waals surface area contributed by atoms with Crippen LogP contribution in [0.1, 0.15) is 17.8 Å². The van der Waals surface area contributed by atoms with E-state index in [0.29, 0.717) is 5.69 Å². The SMILES string of the molecule is Cc1nn(CCC(=O)Nc2cc(OCC(F)F)cc([N+](=O)[O-])c2)c(C)c1[N+](=O)[O-]. The van der Waals surface area contributed by atoms with Crippen LogP contribution in [0.25, 0.3) is 0 Å². The molecule has 0 radical (unpaired) electrons. The highest BCUT2D eigenvalue weighted by molar-refractivity contribution is 5.91. The maximum absolute atomic E-state index is 12.3. The smallest absolute Gasteiger partial charge is 0.312 e. The Balaban J connectivity index is 2.09. The molecule has 0 atom stereocenters. The van der Waals surface area contributed by atoms with E-state index >= 15 is 0 Å². The lowest BCUT2D eigenvalue weighted by Crippen LogP contribution is -2.16. The molecule has 1 aromatic carbocycles. The fourth-order valence-electron chi connectivity index (χ4n) is 2.60.